The van der Waals surface area contributed by atoms with Crippen molar-refractivity contribution in [2.24, 2.45) is 5.41 Å². The minimum absolute atomic E-state index is 0.101. The Bertz CT molecular complexity index is 316. The van der Waals surface area contributed by atoms with Crippen molar-refractivity contribution in [1.82, 2.24) is 0 Å². The molecule has 3 atom stereocenters. The number of hydrogen-bond donors (Lipinski definition) is 1. The number of aliphatic hydroxyl groups excluding tert-OH is 1. The van der Waals surface area contributed by atoms with Gasteiger partial charge in [-0.15, -0.1) is 0 Å². The van der Waals surface area contributed by atoms with Gasteiger partial charge in [-0.1, -0.05) is 85.9 Å². The molecule has 2 nitrogen and oxygen atoms in total. The summed E-state index contributed by atoms with van der Waals surface area (Å²) in [6.45, 7) is 15.7. The molecule has 1 saturated heterocycles. The first-order valence-corrected chi connectivity index (χ1v) is 12.4. The van der Waals surface area contributed by atoms with Gasteiger partial charge in [0.2, 0.25) is 0 Å². The third-order valence-electron chi connectivity index (χ3n) is 4.98. The Morgan fingerprint density at radius 3 is 2.05 bits per heavy atom. The molecule has 0 bridgehead atoms. The number of epoxide rings is 1. The average Bonchev–Trinajstić information content (AvgIpc) is 3.06. The molecule has 0 saturated carbocycles. The fraction of sp³-hybridized carbons (Fsp3) is 1.00. The van der Waals surface area contributed by atoms with Crippen LogP contribution in [0.4, 0.5) is 0 Å². The average molecular weight is 315 g/mol. The van der Waals surface area contributed by atoms with Gasteiger partial charge in [0.1, 0.15) is 5.22 Å². The Balaban J connectivity index is 2.51. The highest BCUT2D eigenvalue weighted by Crippen LogP contribution is 2.53. The van der Waals surface area contributed by atoms with Crippen molar-refractivity contribution in [3.05, 3.63) is 0 Å². The molecule has 0 amide bonds. The number of ether oxygens (including phenoxy) is 1. The Kier molecular flexibility index (Phi) is 6.52. The molecular formula is C18H38O2Si. The summed E-state index contributed by atoms with van der Waals surface area (Å²) < 4.78 is 6.20. The van der Waals surface area contributed by atoms with E-state index < -0.39 is 8.07 Å². The standard InChI is InChI=1S/C18H38O2Si/c1-8-9-10-11-12-13-14-15-18(20-15,21(5,6)7)16(19)17(2,3)4/h15-16,19H,8-14H2,1-7H3/t15-,16?,18-/m0/s1. The lowest BCUT2D eigenvalue weighted by Gasteiger charge is -2.38. The van der Waals surface area contributed by atoms with Crippen LogP contribution < -0.4 is 0 Å². The van der Waals surface area contributed by atoms with E-state index in [0.717, 1.165) is 6.42 Å². The van der Waals surface area contributed by atoms with Crippen molar-refractivity contribution >= 4 is 8.07 Å². The van der Waals surface area contributed by atoms with Crippen LogP contribution in [-0.4, -0.2) is 30.6 Å². The Morgan fingerprint density at radius 1 is 1.05 bits per heavy atom. The molecule has 0 aromatic rings. The second-order valence-corrected chi connectivity index (χ2v) is 14.3. The fourth-order valence-corrected chi connectivity index (χ4v) is 6.40. The quantitative estimate of drug-likeness (QED) is 0.362. The first kappa shape index (κ1) is 19.2. The first-order valence-electron chi connectivity index (χ1n) is 8.93. The first-order chi connectivity index (χ1) is 9.57. The molecule has 0 aromatic heterocycles. The molecule has 0 spiro atoms. The molecule has 126 valence electrons. The molecule has 1 aliphatic rings. The molecule has 1 fully saturated rings. The SMILES string of the molecule is CCCCCCCC[C@@H]1O[C@]1(C(O)C(C)(C)C)[Si](C)(C)C. The van der Waals surface area contributed by atoms with E-state index in [1.165, 1.54) is 38.5 Å². The van der Waals surface area contributed by atoms with E-state index in [9.17, 15) is 5.11 Å². The van der Waals surface area contributed by atoms with Gasteiger partial charge in [0.15, 0.2) is 0 Å². The van der Waals surface area contributed by atoms with Gasteiger partial charge in [-0.05, 0) is 11.8 Å². The van der Waals surface area contributed by atoms with Crippen molar-refractivity contribution in [2.75, 3.05) is 0 Å². The summed E-state index contributed by atoms with van der Waals surface area (Å²) in [7, 11) is -1.56. The topological polar surface area (TPSA) is 32.8 Å². The van der Waals surface area contributed by atoms with Gasteiger partial charge in [0.05, 0.1) is 20.3 Å². The summed E-state index contributed by atoms with van der Waals surface area (Å²) in [6, 6.07) is 0. The van der Waals surface area contributed by atoms with Gasteiger partial charge >= 0.3 is 0 Å². The molecule has 0 aromatic carbocycles. The minimum atomic E-state index is -1.56. The van der Waals surface area contributed by atoms with E-state index in [2.05, 4.69) is 47.3 Å². The predicted molar refractivity (Wildman–Crippen MR) is 94.4 cm³/mol. The molecule has 1 unspecified atom stereocenters. The monoisotopic (exact) mass is 314 g/mol. The minimum Gasteiger partial charge on any atom is -0.390 e. The third kappa shape index (κ3) is 4.55. The number of aliphatic hydroxyl groups is 1. The number of rotatable bonds is 9. The van der Waals surface area contributed by atoms with Crippen LogP contribution in [0.2, 0.25) is 19.6 Å². The van der Waals surface area contributed by atoms with Gasteiger partial charge in [-0.3, -0.25) is 0 Å². The van der Waals surface area contributed by atoms with Gasteiger partial charge in [-0.2, -0.15) is 0 Å². The van der Waals surface area contributed by atoms with Crippen LogP contribution in [0.3, 0.4) is 0 Å². The lowest BCUT2D eigenvalue weighted by molar-refractivity contribution is 0.0192. The maximum Gasteiger partial charge on any atom is 0.109 e. The summed E-state index contributed by atoms with van der Waals surface area (Å²) in [5.41, 5.74) is -0.101. The van der Waals surface area contributed by atoms with Crippen LogP contribution in [0.15, 0.2) is 0 Å². The zero-order chi connectivity index (χ0) is 16.3. The second-order valence-electron chi connectivity index (χ2n) is 8.97. The van der Waals surface area contributed by atoms with E-state index in [1.807, 2.05) is 0 Å². The molecule has 3 heteroatoms. The summed E-state index contributed by atoms with van der Waals surface area (Å²) in [6.07, 6.45) is 9.03. The van der Waals surface area contributed by atoms with Crippen LogP contribution in [0.25, 0.3) is 0 Å². The van der Waals surface area contributed by atoms with Crippen LogP contribution in [-0.2, 0) is 4.74 Å². The van der Waals surface area contributed by atoms with E-state index in [1.54, 1.807) is 0 Å². The predicted octanol–water partition coefficient (Wildman–Crippen LogP) is 5.16. The normalized spacial score (nSPS) is 27.7. The maximum atomic E-state index is 10.9. The Hall–Kier alpha value is 0.137. The summed E-state index contributed by atoms with van der Waals surface area (Å²) in [4.78, 5) is 0. The number of hydrogen-bond acceptors (Lipinski definition) is 2. The lowest BCUT2D eigenvalue weighted by atomic mass is 9.85. The largest absolute Gasteiger partial charge is 0.390 e. The highest BCUT2D eigenvalue weighted by atomic mass is 28.3. The van der Waals surface area contributed by atoms with E-state index in [0.29, 0.717) is 6.10 Å². The summed E-state index contributed by atoms with van der Waals surface area (Å²) in [5, 5.41) is 10.7. The second kappa shape index (κ2) is 7.14. The molecular weight excluding hydrogens is 276 g/mol. The molecule has 1 heterocycles. The van der Waals surface area contributed by atoms with Crippen molar-refractivity contribution in [3.8, 4) is 0 Å². The van der Waals surface area contributed by atoms with E-state index >= 15 is 0 Å². The summed E-state index contributed by atoms with van der Waals surface area (Å²) >= 11 is 0. The van der Waals surface area contributed by atoms with Crippen molar-refractivity contribution in [3.63, 3.8) is 0 Å². The Morgan fingerprint density at radius 2 is 1.57 bits per heavy atom. The highest BCUT2D eigenvalue weighted by Gasteiger charge is 2.69. The van der Waals surface area contributed by atoms with Crippen LogP contribution in [0.5, 0.6) is 0 Å². The van der Waals surface area contributed by atoms with Crippen LogP contribution in [0.1, 0.15) is 72.6 Å². The highest BCUT2D eigenvalue weighted by molar-refractivity contribution is 6.80. The van der Waals surface area contributed by atoms with Gasteiger partial charge in [0.25, 0.3) is 0 Å². The molecule has 1 rings (SSSR count). The smallest absolute Gasteiger partial charge is 0.109 e. The van der Waals surface area contributed by atoms with Crippen molar-refractivity contribution < 1.29 is 9.84 Å². The van der Waals surface area contributed by atoms with Crippen molar-refractivity contribution in [1.29, 1.82) is 0 Å². The van der Waals surface area contributed by atoms with E-state index in [4.69, 9.17) is 4.74 Å². The van der Waals surface area contributed by atoms with Crippen LogP contribution in [0, 0.1) is 5.41 Å². The molecule has 0 radical (unpaired) electrons. The van der Waals surface area contributed by atoms with E-state index in [-0.39, 0.29) is 16.7 Å². The lowest BCUT2D eigenvalue weighted by Crippen LogP contribution is -2.56. The molecule has 1 N–H and O–H groups in total. The van der Waals surface area contributed by atoms with Gasteiger partial charge < -0.3 is 9.84 Å². The summed E-state index contributed by atoms with van der Waals surface area (Å²) in [5.74, 6) is 0. The zero-order valence-corrected chi connectivity index (χ0v) is 16.5. The fourth-order valence-electron chi connectivity index (χ4n) is 3.54. The molecule has 21 heavy (non-hydrogen) atoms. The zero-order valence-electron chi connectivity index (χ0n) is 15.5. The maximum absolute atomic E-state index is 10.9. The molecule has 0 aliphatic carbocycles. The van der Waals surface area contributed by atoms with Crippen molar-refractivity contribution in [2.45, 2.75) is 110 Å². The van der Waals surface area contributed by atoms with Crippen LogP contribution >= 0.6 is 0 Å². The van der Waals surface area contributed by atoms with Gasteiger partial charge in [-0.25, -0.2) is 0 Å². The third-order valence-corrected chi connectivity index (χ3v) is 8.03. The Labute approximate surface area is 133 Å². The van der Waals surface area contributed by atoms with Gasteiger partial charge in [0, 0.05) is 0 Å². The number of unbranched alkanes of at least 4 members (excludes halogenated alkanes) is 5. The molecule has 1 aliphatic heterocycles.